The molecule has 4 heterocycles. The van der Waals surface area contributed by atoms with Crippen LogP contribution in [-0.4, -0.2) is 57.9 Å². The SMILES string of the molecule is CC(C)(C)C(=O)Oc1ccc2c(c1)Oc1cc(OC(=O)C(C)(C)C)ccc1C21OC(=O)c2cc(NC(=O)CCl)ccc21.CC(C)(C)C(=O)Oc1ccc2c(c1)Oc1cc(OC(=O)C(C)(C)C)ccc1C21OC(=O)c2cc(NC(=O)CI)ccc21. The van der Waals surface area contributed by atoms with E-state index in [-0.39, 0.29) is 61.8 Å². The highest BCUT2D eigenvalue weighted by atomic mass is 127. The maximum absolute atomic E-state index is 13.4. The van der Waals surface area contributed by atoms with E-state index in [0.29, 0.717) is 56.3 Å². The molecule has 10 rings (SSSR count). The zero-order valence-electron chi connectivity index (χ0n) is 48.1. The van der Waals surface area contributed by atoms with Crippen molar-refractivity contribution < 1.29 is 76.3 Å². The lowest BCUT2D eigenvalue weighted by atomic mass is 9.77. The third-order valence-electron chi connectivity index (χ3n) is 13.6. The Labute approximate surface area is 503 Å². The number of anilines is 2. The van der Waals surface area contributed by atoms with Gasteiger partial charge in [0, 0.05) is 69.0 Å². The predicted molar refractivity (Wildman–Crippen MR) is 317 cm³/mol. The first-order chi connectivity index (χ1) is 39.3. The summed E-state index contributed by atoms with van der Waals surface area (Å²) < 4.78 is 47.6. The molecule has 0 atom stereocenters. The highest BCUT2D eigenvalue weighted by Gasteiger charge is 2.56. The fourth-order valence-corrected chi connectivity index (χ4v) is 9.47. The first-order valence-corrected chi connectivity index (χ1v) is 28.6. The number of nitrogens with one attached hydrogen (secondary N) is 2. The van der Waals surface area contributed by atoms with Crippen molar-refractivity contribution in [2.45, 2.75) is 94.3 Å². The molecule has 0 saturated carbocycles. The van der Waals surface area contributed by atoms with Crippen molar-refractivity contribution in [1.29, 1.82) is 0 Å². The van der Waals surface area contributed by atoms with E-state index >= 15 is 0 Å². The number of carbonyl (C=O) groups excluding carboxylic acids is 8. The fourth-order valence-electron chi connectivity index (χ4n) is 9.22. The van der Waals surface area contributed by atoms with Gasteiger partial charge in [0.05, 0.1) is 37.2 Å². The maximum Gasteiger partial charge on any atom is 0.340 e. The summed E-state index contributed by atoms with van der Waals surface area (Å²) in [6.07, 6.45) is 0. The topological polar surface area (TPSA) is 234 Å². The molecule has 2 N–H and O–H groups in total. The number of fused-ring (bicyclic) bond motifs is 12. The molecular formula is C64H60ClIN2O16. The molecule has 436 valence electrons. The molecule has 6 aromatic rings. The summed E-state index contributed by atoms with van der Waals surface area (Å²) in [6, 6.07) is 29.4. The van der Waals surface area contributed by atoms with Crippen LogP contribution in [0.1, 0.15) is 137 Å². The number of esters is 6. The molecule has 84 heavy (non-hydrogen) atoms. The largest absolute Gasteiger partial charge is 0.456 e. The minimum atomic E-state index is -1.44. The second-order valence-electron chi connectivity index (χ2n) is 24.4. The number of halogens is 2. The minimum absolute atomic E-state index is 0.201. The molecule has 4 aliphatic heterocycles. The van der Waals surface area contributed by atoms with E-state index < -0.39 is 74.6 Å². The van der Waals surface area contributed by atoms with E-state index in [9.17, 15) is 38.4 Å². The molecule has 0 saturated heterocycles. The average Bonchev–Trinajstić information content (AvgIpc) is 1.47. The molecule has 4 aliphatic rings. The molecule has 0 bridgehead atoms. The van der Waals surface area contributed by atoms with Gasteiger partial charge in [0.1, 0.15) is 51.9 Å². The van der Waals surface area contributed by atoms with Crippen molar-refractivity contribution in [3.63, 3.8) is 0 Å². The number of carbonyl (C=O) groups is 8. The monoisotopic (exact) mass is 1270 g/mol. The van der Waals surface area contributed by atoms with Crippen molar-refractivity contribution in [1.82, 2.24) is 0 Å². The van der Waals surface area contributed by atoms with Crippen LogP contribution in [0.2, 0.25) is 0 Å². The van der Waals surface area contributed by atoms with Gasteiger partial charge in [-0.05, 0) is 156 Å². The quantitative estimate of drug-likeness (QED) is 0.0624. The van der Waals surface area contributed by atoms with Crippen LogP contribution in [0.25, 0.3) is 0 Å². The summed E-state index contributed by atoms with van der Waals surface area (Å²) in [5.41, 5.74) is -1.36. The normalized spacial score (nSPS) is 14.6. The van der Waals surface area contributed by atoms with Gasteiger partial charge in [-0.15, -0.1) is 11.6 Å². The Hall–Kier alpha value is -8.30. The molecule has 0 aliphatic carbocycles. The van der Waals surface area contributed by atoms with Crippen LogP contribution in [0.4, 0.5) is 11.4 Å². The standard InChI is InChI=1S/C32H30ClNO8.C32H30INO8/c2*1-30(2,3)28(37)39-18-8-11-22-24(14-18)41-25-15-19(40-29(38)31(4,5)6)9-12-23(25)32(22)21-10-7-17(34-26(35)16-33)13-20(21)27(36)42-32/h2*7-15H,16H2,1-6H3,(H,34,35). The van der Waals surface area contributed by atoms with Crippen LogP contribution in [0.15, 0.2) is 109 Å². The third kappa shape index (κ3) is 11.5. The summed E-state index contributed by atoms with van der Waals surface area (Å²) in [6.45, 7) is 21.0. The van der Waals surface area contributed by atoms with Crippen LogP contribution in [0.3, 0.4) is 0 Å². The second-order valence-corrected chi connectivity index (χ2v) is 25.4. The Morgan fingerprint density at radius 1 is 0.429 bits per heavy atom. The van der Waals surface area contributed by atoms with Gasteiger partial charge in [-0.1, -0.05) is 34.7 Å². The van der Waals surface area contributed by atoms with Crippen LogP contribution >= 0.6 is 34.2 Å². The summed E-state index contributed by atoms with van der Waals surface area (Å²) >= 11 is 7.59. The molecule has 0 fully saturated rings. The van der Waals surface area contributed by atoms with Crippen molar-refractivity contribution in [2.75, 3.05) is 20.9 Å². The zero-order chi connectivity index (χ0) is 61.2. The number of rotatable bonds is 8. The number of benzene rings is 6. The average molecular weight is 1280 g/mol. The number of alkyl halides is 2. The lowest BCUT2D eigenvalue weighted by molar-refractivity contribution is -0.143. The Morgan fingerprint density at radius 2 is 0.702 bits per heavy atom. The Morgan fingerprint density at radius 3 is 0.964 bits per heavy atom. The van der Waals surface area contributed by atoms with Gasteiger partial charge >= 0.3 is 35.8 Å². The van der Waals surface area contributed by atoms with E-state index in [2.05, 4.69) is 10.6 Å². The Balaban J connectivity index is 0.000000202. The summed E-state index contributed by atoms with van der Waals surface area (Å²) in [5, 5.41) is 5.42. The fraction of sp³-hybridized carbons (Fsp3) is 0.312. The Kier molecular flexibility index (Phi) is 15.8. The predicted octanol–water partition coefficient (Wildman–Crippen LogP) is 12.9. The highest BCUT2D eigenvalue weighted by Crippen LogP contribution is 2.59. The first-order valence-electron chi connectivity index (χ1n) is 26.6. The van der Waals surface area contributed by atoms with Crippen molar-refractivity contribution in [2.24, 2.45) is 21.7 Å². The van der Waals surface area contributed by atoms with Gasteiger partial charge in [0.25, 0.3) is 0 Å². The van der Waals surface area contributed by atoms with Crippen molar-refractivity contribution in [3.05, 3.63) is 154 Å². The molecule has 0 radical (unpaired) electrons. The lowest BCUT2D eigenvalue weighted by Gasteiger charge is -2.36. The molecule has 0 aromatic heterocycles. The number of hydrogen-bond acceptors (Lipinski definition) is 16. The van der Waals surface area contributed by atoms with Gasteiger partial charge in [-0.25, -0.2) is 9.59 Å². The first kappa shape index (κ1) is 60.3. The van der Waals surface area contributed by atoms with Crippen LogP contribution in [-0.2, 0) is 49.4 Å². The van der Waals surface area contributed by atoms with Crippen molar-refractivity contribution in [3.8, 4) is 46.0 Å². The maximum atomic E-state index is 13.4. The van der Waals surface area contributed by atoms with E-state index in [0.717, 1.165) is 0 Å². The van der Waals surface area contributed by atoms with Crippen molar-refractivity contribution >= 4 is 93.2 Å². The number of ether oxygens (including phenoxy) is 8. The second kappa shape index (κ2) is 22.0. The van der Waals surface area contributed by atoms with Gasteiger partial charge in [0.15, 0.2) is 11.2 Å². The lowest BCUT2D eigenvalue weighted by Crippen LogP contribution is -2.33. The molecular weight excluding hydrogens is 1220 g/mol. The molecule has 2 amide bonds. The van der Waals surface area contributed by atoms with Crippen LogP contribution in [0.5, 0.6) is 46.0 Å². The van der Waals surface area contributed by atoms with Crippen LogP contribution in [0, 0.1) is 21.7 Å². The highest BCUT2D eigenvalue weighted by molar-refractivity contribution is 14.1. The Bertz CT molecular complexity index is 3390. The third-order valence-corrected chi connectivity index (χ3v) is 14.5. The van der Waals surface area contributed by atoms with Gasteiger partial charge in [-0.3, -0.25) is 28.8 Å². The minimum Gasteiger partial charge on any atom is -0.456 e. The van der Waals surface area contributed by atoms with Gasteiger partial charge in [-0.2, -0.15) is 0 Å². The molecule has 18 nitrogen and oxygen atoms in total. The van der Waals surface area contributed by atoms with E-state index in [1.807, 2.05) is 22.6 Å². The smallest absolute Gasteiger partial charge is 0.340 e. The molecule has 2 spiro atoms. The van der Waals surface area contributed by atoms with E-state index in [1.54, 1.807) is 186 Å². The molecule has 20 heteroatoms. The van der Waals surface area contributed by atoms with E-state index in [4.69, 9.17) is 49.5 Å². The molecule has 0 unspecified atom stereocenters. The number of amides is 2. The molecule has 6 aromatic carbocycles. The van der Waals surface area contributed by atoms with Crippen LogP contribution < -0.4 is 39.1 Å². The summed E-state index contributed by atoms with van der Waals surface area (Å²) in [5.74, 6) is -1.65. The van der Waals surface area contributed by atoms with Gasteiger partial charge in [0.2, 0.25) is 11.8 Å². The summed E-state index contributed by atoms with van der Waals surface area (Å²) in [4.78, 5) is 101. The zero-order valence-corrected chi connectivity index (χ0v) is 51.0. The summed E-state index contributed by atoms with van der Waals surface area (Å²) in [7, 11) is 0. The van der Waals surface area contributed by atoms with E-state index in [1.165, 1.54) is 6.07 Å². The number of hydrogen-bond donors (Lipinski definition) is 2. The van der Waals surface area contributed by atoms with Gasteiger partial charge < -0.3 is 48.5 Å².